The van der Waals surface area contributed by atoms with Crippen LogP contribution >= 0.6 is 0 Å². The van der Waals surface area contributed by atoms with Gasteiger partial charge >= 0.3 is 0 Å². The van der Waals surface area contributed by atoms with Crippen LogP contribution in [-0.2, 0) is 6.42 Å². The van der Waals surface area contributed by atoms with Gasteiger partial charge in [0.15, 0.2) is 0 Å². The lowest BCUT2D eigenvalue weighted by Gasteiger charge is -2.06. The molecule has 5 nitrogen and oxygen atoms in total. The zero-order chi connectivity index (χ0) is 12.3. The van der Waals surface area contributed by atoms with E-state index >= 15 is 0 Å². The number of nitriles is 1. The second-order valence-electron chi connectivity index (χ2n) is 3.46. The number of pyridine rings is 1. The summed E-state index contributed by atoms with van der Waals surface area (Å²) >= 11 is 0. The Hall–Kier alpha value is -2.48. The summed E-state index contributed by atoms with van der Waals surface area (Å²) in [5.41, 5.74) is 1.88. The van der Waals surface area contributed by atoms with Gasteiger partial charge in [-0.1, -0.05) is 6.92 Å². The van der Waals surface area contributed by atoms with E-state index in [0.717, 1.165) is 11.3 Å². The molecule has 17 heavy (non-hydrogen) atoms. The Kier molecular flexibility index (Phi) is 2.97. The molecular formula is C12H10N4O. The minimum Gasteiger partial charge on any atom is -0.324 e. The molecule has 0 bridgehead atoms. The number of aryl methyl sites for hydroxylation is 1. The summed E-state index contributed by atoms with van der Waals surface area (Å²) in [6.45, 7) is 1.93. The fourth-order valence-corrected chi connectivity index (χ4v) is 1.60. The number of nitrogens with one attached hydrogen (secondary N) is 1. The maximum absolute atomic E-state index is 11.5. The zero-order valence-corrected chi connectivity index (χ0v) is 9.27. The summed E-state index contributed by atoms with van der Waals surface area (Å²) in [4.78, 5) is 22.3. The largest absolute Gasteiger partial charge is 0.324 e. The summed E-state index contributed by atoms with van der Waals surface area (Å²) in [6.07, 6.45) is 5.42. The molecule has 2 heterocycles. The molecule has 2 aromatic heterocycles. The molecule has 2 rings (SSSR count). The molecule has 0 radical (unpaired) electrons. The average Bonchev–Trinajstić information content (AvgIpc) is 2.39. The van der Waals surface area contributed by atoms with Gasteiger partial charge in [-0.3, -0.25) is 14.8 Å². The van der Waals surface area contributed by atoms with E-state index in [0.29, 0.717) is 12.1 Å². The van der Waals surface area contributed by atoms with Crippen molar-refractivity contribution >= 4 is 0 Å². The van der Waals surface area contributed by atoms with E-state index < -0.39 is 0 Å². The van der Waals surface area contributed by atoms with Gasteiger partial charge in [-0.2, -0.15) is 5.26 Å². The lowest BCUT2D eigenvalue weighted by atomic mass is 10.1. The topological polar surface area (TPSA) is 82.4 Å². The van der Waals surface area contributed by atoms with Gasteiger partial charge in [-0.15, -0.1) is 0 Å². The van der Waals surface area contributed by atoms with E-state index in [4.69, 9.17) is 5.26 Å². The molecule has 84 valence electrons. The molecule has 0 spiro atoms. The predicted octanol–water partition coefficient (Wildman–Crippen LogP) is 1.27. The molecule has 0 aromatic carbocycles. The van der Waals surface area contributed by atoms with Crippen LogP contribution in [0.4, 0.5) is 0 Å². The molecule has 0 saturated carbocycles. The van der Waals surface area contributed by atoms with Gasteiger partial charge in [0.1, 0.15) is 11.6 Å². The molecule has 0 unspecified atom stereocenters. The van der Waals surface area contributed by atoms with E-state index in [1.54, 1.807) is 24.7 Å². The number of hydrogen-bond acceptors (Lipinski definition) is 4. The van der Waals surface area contributed by atoms with E-state index in [1.807, 2.05) is 13.0 Å². The van der Waals surface area contributed by atoms with Gasteiger partial charge in [0, 0.05) is 23.7 Å². The zero-order valence-electron chi connectivity index (χ0n) is 9.27. The Morgan fingerprint density at radius 3 is 2.88 bits per heavy atom. The van der Waals surface area contributed by atoms with E-state index in [1.165, 1.54) is 0 Å². The first-order chi connectivity index (χ1) is 8.26. The molecule has 0 aliphatic heterocycles. The molecule has 2 aromatic rings. The number of H-pyrrole nitrogens is 1. The van der Waals surface area contributed by atoms with E-state index in [9.17, 15) is 4.79 Å². The second kappa shape index (κ2) is 4.58. The van der Waals surface area contributed by atoms with Gasteiger partial charge in [0.25, 0.3) is 5.56 Å². The Morgan fingerprint density at radius 2 is 2.29 bits per heavy atom. The van der Waals surface area contributed by atoms with Gasteiger partial charge < -0.3 is 4.98 Å². The van der Waals surface area contributed by atoms with Crippen molar-refractivity contribution in [2.75, 3.05) is 0 Å². The van der Waals surface area contributed by atoms with Crippen molar-refractivity contribution in [1.82, 2.24) is 15.0 Å². The number of aromatic nitrogens is 3. The quantitative estimate of drug-likeness (QED) is 0.835. The van der Waals surface area contributed by atoms with E-state index in [2.05, 4.69) is 15.0 Å². The highest BCUT2D eigenvalue weighted by atomic mass is 16.1. The highest BCUT2D eigenvalue weighted by Gasteiger charge is 2.09. The summed E-state index contributed by atoms with van der Waals surface area (Å²) in [7, 11) is 0. The van der Waals surface area contributed by atoms with Crippen molar-refractivity contribution in [1.29, 1.82) is 5.26 Å². The van der Waals surface area contributed by atoms with Crippen molar-refractivity contribution in [3.8, 4) is 17.3 Å². The molecule has 5 heteroatoms. The lowest BCUT2D eigenvalue weighted by Crippen LogP contribution is -2.13. The van der Waals surface area contributed by atoms with Crippen LogP contribution < -0.4 is 5.56 Å². The minimum atomic E-state index is -0.364. The van der Waals surface area contributed by atoms with Crippen molar-refractivity contribution in [2.24, 2.45) is 0 Å². The van der Waals surface area contributed by atoms with E-state index in [-0.39, 0.29) is 11.1 Å². The summed E-state index contributed by atoms with van der Waals surface area (Å²) in [5.74, 6) is 0. The fourth-order valence-electron chi connectivity index (χ4n) is 1.60. The number of hydrogen-bond donors (Lipinski definition) is 1. The average molecular weight is 226 g/mol. The highest BCUT2D eigenvalue weighted by Crippen LogP contribution is 2.19. The summed E-state index contributed by atoms with van der Waals surface area (Å²) in [5, 5.41) is 8.85. The van der Waals surface area contributed by atoms with Gasteiger partial charge in [0.2, 0.25) is 0 Å². The molecule has 0 saturated heterocycles. The minimum absolute atomic E-state index is 0.0860. The van der Waals surface area contributed by atoms with Crippen LogP contribution in [0.5, 0.6) is 0 Å². The van der Waals surface area contributed by atoms with Crippen LogP contribution in [0.15, 0.2) is 29.5 Å². The van der Waals surface area contributed by atoms with Crippen LogP contribution in [0.3, 0.4) is 0 Å². The summed E-state index contributed by atoms with van der Waals surface area (Å²) < 4.78 is 0. The van der Waals surface area contributed by atoms with Gasteiger partial charge in [-0.25, -0.2) is 0 Å². The second-order valence-corrected chi connectivity index (χ2v) is 3.46. The van der Waals surface area contributed by atoms with Crippen molar-refractivity contribution in [3.63, 3.8) is 0 Å². The molecular weight excluding hydrogens is 216 g/mol. The Labute approximate surface area is 97.8 Å². The smallest absolute Gasteiger partial charge is 0.266 e. The van der Waals surface area contributed by atoms with Crippen molar-refractivity contribution in [3.05, 3.63) is 46.3 Å². The number of nitrogens with zero attached hydrogens (tertiary/aromatic N) is 3. The van der Waals surface area contributed by atoms with Crippen molar-refractivity contribution in [2.45, 2.75) is 13.3 Å². The monoisotopic (exact) mass is 226 g/mol. The first-order valence-electron chi connectivity index (χ1n) is 5.19. The maximum Gasteiger partial charge on any atom is 0.266 e. The molecule has 0 fully saturated rings. The van der Waals surface area contributed by atoms with Gasteiger partial charge in [0.05, 0.1) is 11.9 Å². The molecule has 0 amide bonds. The number of aromatic amines is 1. The van der Waals surface area contributed by atoms with Crippen LogP contribution in [-0.4, -0.2) is 15.0 Å². The molecule has 0 aliphatic rings. The Morgan fingerprint density at radius 1 is 1.47 bits per heavy atom. The molecule has 0 atom stereocenters. The first kappa shape index (κ1) is 11.0. The molecule has 0 aliphatic carbocycles. The lowest BCUT2D eigenvalue weighted by molar-refractivity contribution is 1.00. The SMILES string of the molecule is CCc1[nH]c(=O)c(C#N)cc1-c1cnccn1. The van der Waals surface area contributed by atoms with Crippen LogP contribution in [0.2, 0.25) is 0 Å². The van der Waals surface area contributed by atoms with Crippen LogP contribution in [0, 0.1) is 11.3 Å². The standard InChI is InChI=1S/C12H10N4O/c1-2-10-9(11-7-14-3-4-15-11)5-8(6-13)12(17)16-10/h3-5,7H,2H2,1H3,(H,16,17). The molecule has 1 N–H and O–H groups in total. The van der Waals surface area contributed by atoms with Crippen molar-refractivity contribution < 1.29 is 0 Å². The third kappa shape index (κ3) is 2.06. The maximum atomic E-state index is 11.5. The highest BCUT2D eigenvalue weighted by molar-refractivity contribution is 5.62. The van der Waals surface area contributed by atoms with Crippen LogP contribution in [0.25, 0.3) is 11.3 Å². The normalized spacial score (nSPS) is 9.88. The number of rotatable bonds is 2. The third-order valence-electron chi connectivity index (χ3n) is 2.44. The predicted molar refractivity (Wildman–Crippen MR) is 62.2 cm³/mol. The summed E-state index contributed by atoms with van der Waals surface area (Å²) in [6, 6.07) is 3.42. The Bertz CT molecular complexity index is 625. The fraction of sp³-hybridized carbons (Fsp3) is 0.167. The van der Waals surface area contributed by atoms with Gasteiger partial charge in [-0.05, 0) is 12.5 Å². The third-order valence-corrected chi connectivity index (χ3v) is 2.44. The first-order valence-corrected chi connectivity index (χ1v) is 5.19. The Balaban J connectivity index is 2.69. The van der Waals surface area contributed by atoms with Crippen LogP contribution in [0.1, 0.15) is 18.2 Å².